The van der Waals surface area contributed by atoms with Gasteiger partial charge in [-0.3, -0.25) is 9.78 Å². The third kappa shape index (κ3) is 2.07. The fraction of sp³-hybridized carbons (Fsp3) is 0.0909. The summed E-state index contributed by atoms with van der Waals surface area (Å²) in [5.74, 6) is -0.629. The molecule has 0 fully saturated rings. The monoisotopic (exact) mass is 288 g/mol. The maximum atomic E-state index is 13.0. The molecule has 1 N–H and O–H groups in total. The summed E-state index contributed by atoms with van der Waals surface area (Å²) >= 11 is 11.3. The molecule has 0 spiro atoms. The van der Waals surface area contributed by atoms with Crippen LogP contribution in [0.4, 0.5) is 4.39 Å². The highest BCUT2D eigenvalue weighted by Gasteiger charge is 2.11. The van der Waals surface area contributed by atoms with Crippen LogP contribution in [0.2, 0.25) is 10.2 Å². The van der Waals surface area contributed by atoms with E-state index in [9.17, 15) is 14.0 Å². The highest BCUT2D eigenvalue weighted by molar-refractivity contribution is 6.31. The molecule has 7 heteroatoms. The standard InChI is InChI=1S/C11H7Cl2FN2O2/c1-5-9(13)15-11(18)16(10(5)17)6-2-3-8(14)7(12)4-6/h2-4H,1H3,(H,15,18). The van der Waals surface area contributed by atoms with Gasteiger partial charge in [-0.1, -0.05) is 23.2 Å². The molecule has 0 saturated carbocycles. The van der Waals surface area contributed by atoms with E-state index in [-0.39, 0.29) is 21.4 Å². The number of aromatic amines is 1. The topological polar surface area (TPSA) is 54.9 Å². The van der Waals surface area contributed by atoms with Gasteiger partial charge in [0.25, 0.3) is 5.56 Å². The van der Waals surface area contributed by atoms with E-state index in [1.807, 2.05) is 0 Å². The first-order valence-corrected chi connectivity index (χ1v) is 5.64. The molecule has 4 nitrogen and oxygen atoms in total. The molecular formula is C11H7Cl2FN2O2. The number of hydrogen-bond donors (Lipinski definition) is 1. The van der Waals surface area contributed by atoms with Crippen molar-refractivity contribution in [2.24, 2.45) is 0 Å². The van der Waals surface area contributed by atoms with E-state index in [1.54, 1.807) is 0 Å². The Kier molecular flexibility index (Phi) is 3.28. The van der Waals surface area contributed by atoms with Crippen molar-refractivity contribution < 1.29 is 4.39 Å². The van der Waals surface area contributed by atoms with Crippen molar-refractivity contribution >= 4 is 23.2 Å². The Morgan fingerprint density at radius 3 is 2.56 bits per heavy atom. The van der Waals surface area contributed by atoms with Crippen LogP contribution in [-0.4, -0.2) is 9.55 Å². The highest BCUT2D eigenvalue weighted by atomic mass is 35.5. The smallest absolute Gasteiger partial charge is 0.297 e. The van der Waals surface area contributed by atoms with Gasteiger partial charge in [-0.15, -0.1) is 0 Å². The molecule has 0 atom stereocenters. The minimum Gasteiger partial charge on any atom is -0.297 e. The summed E-state index contributed by atoms with van der Waals surface area (Å²) < 4.78 is 13.9. The summed E-state index contributed by atoms with van der Waals surface area (Å²) in [4.78, 5) is 25.9. The Balaban J connectivity index is 2.80. The zero-order chi connectivity index (χ0) is 13.4. The molecule has 1 aromatic heterocycles. The zero-order valence-corrected chi connectivity index (χ0v) is 10.6. The Morgan fingerprint density at radius 2 is 1.94 bits per heavy atom. The summed E-state index contributed by atoms with van der Waals surface area (Å²) in [6.45, 7) is 1.47. The summed E-state index contributed by atoms with van der Waals surface area (Å²) in [5.41, 5.74) is -0.922. The van der Waals surface area contributed by atoms with Crippen LogP contribution in [0.3, 0.4) is 0 Å². The average molecular weight is 289 g/mol. The molecular weight excluding hydrogens is 282 g/mol. The van der Waals surface area contributed by atoms with Gasteiger partial charge in [-0.05, 0) is 25.1 Å². The van der Waals surface area contributed by atoms with Gasteiger partial charge in [0.1, 0.15) is 11.0 Å². The highest BCUT2D eigenvalue weighted by Crippen LogP contribution is 2.17. The second-order valence-electron chi connectivity index (χ2n) is 3.61. The van der Waals surface area contributed by atoms with E-state index >= 15 is 0 Å². The lowest BCUT2D eigenvalue weighted by Gasteiger charge is -2.07. The molecule has 0 bridgehead atoms. The number of halogens is 3. The van der Waals surface area contributed by atoms with Crippen molar-refractivity contribution in [2.75, 3.05) is 0 Å². The van der Waals surface area contributed by atoms with Crippen LogP contribution in [0.15, 0.2) is 27.8 Å². The van der Waals surface area contributed by atoms with E-state index in [2.05, 4.69) is 4.98 Å². The molecule has 2 aromatic rings. The predicted molar refractivity (Wildman–Crippen MR) is 67.4 cm³/mol. The summed E-state index contributed by atoms with van der Waals surface area (Å²) in [7, 11) is 0. The molecule has 0 aliphatic carbocycles. The predicted octanol–water partition coefficient (Wildman–Crippen LogP) is 2.28. The largest absolute Gasteiger partial charge is 0.334 e. The Bertz CT molecular complexity index is 737. The average Bonchev–Trinajstić information content (AvgIpc) is 2.31. The quantitative estimate of drug-likeness (QED) is 0.819. The van der Waals surface area contributed by atoms with Gasteiger partial charge in [-0.25, -0.2) is 13.8 Å². The van der Waals surface area contributed by atoms with Crippen LogP contribution in [-0.2, 0) is 0 Å². The molecule has 0 aliphatic rings. The maximum absolute atomic E-state index is 13.0. The van der Waals surface area contributed by atoms with Crippen molar-refractivity contribution in [1.29, 1.82) is 0 Å². The third-order valence-corrected chi connectivity index (χ3v) is 3.10. The zero-order valence-electron chi connectivity index (χ0n) is 9.13. The molecule has 1 heterocycles. The fourth-order valence-electron chi connectivity index (χ4n) is 1.46. The minimum absolute atomic E-state index is 0.0190. The normalized spacial score (nSPS) is 10.7. The van der Waals surface area contributed by atoms with Crippen LogP contribution in [0, 0.1) is 12.7 Å². The third-order valence-electron chi connectivity index (χ3n) is 2.43. The number of nitrogens with zero attached hydrogens (tertiary/aromatic N) is 1. The van der Waals surface area contributed by atoms with Gasteiger partial charge in [-0.2, -0.15) is 0 Å². The molecule has 94 valence electrons. The van der Waals surface area contributed by atoms with Gasteiger partial charge in [0.15, 0.2) is 0 Å². The van der Waals surface area contributed by atoms with E-state index < -0.39 is 17.1 Å². The first-order chi connectivity index (χ1) is 8.41. The van der Waals surface area contributed by atoms with E-state index in [4.69, 9.17) is 23.2 Å². The molecule has 0 aliphatic heterocycles. The van der Waals surface area contributed by atoms with Crippen LogP contribution >= 0.6 is 23.2 Å². The Hall–Kier alpha value is -1.59. The van der Waals surface area contributed by atoms with Gasteiger partial charge >= 0.3 is 5.69 Å². The number of benzene rings is 1. The van der Waals surface area contributed by atoms with Crippen molar-refractivity contribution in [1.82, 2.24) is 9.55 Å². The van der Waals surface area contributed by atoms with Crippen LogP contribution in [0.25, 0.3) is 5.69 Å². The number of aromatic nitrogens is 2. The van der Waals surface area contributed by atoms with E-state index in [0.29, 0.717) is 0 Å². The molecule has 0 radical (unpaired) electrons. The fourth-order valence-corrected chi connectivity index (χ4v) is 1.79. The number of nitrogens with one attached hydrogen (secondary N) is 1. The minimum atomic E-state index is -0.710. The van der Waals surface area contributed by atoms with Crippen molar-refractivity contribution in [3.63, 3.8) is 0 Å². The van der Waals surface area contributed by atoms with Crippen molar-refractivity contribution in [3.8, 4) is 5.69 Å². The lowest BCUT2D eigenvalue weighted by molar-refractivity contribution is 0.627. The molecule has 2 rings (SSSR count). The lowest BCUT2D eigenvalue weighted by atomic mass is 10.3. The first-order valence-electron chi connectivity index (χ1n) is 4.88. The molecule has 1 aromatic carbocycles. The summed E-state index contributed by atoms with van der Waals surface area (Å²) in [5, 5.41) is -0.194. The second kappa shape index (κ2) is 4.59. The molecule has 0 unspecified atom stereocenters. The molecule has 0 amide bonds. The van der Waals surface area contributed by atoms with Gasteiger partial charge in [0.05, 0.1) is 16.3 Å². The van der Waals surface area contributed by atoms with Crippen molar-refractivity contribution in [2.45, 2.75) is 6.92 Å². The second-order valence-corrected chi connectivity index (χ2v) is 4.39. The van der Waals surface area contributed by atoms with Gasteiger partial charge < -0.3 is 0 Å². The van der Waals surface area contributed by atoms with E-state index in [1.165, 1.54) is 19.1 Å². The summed E-state index contributed by atoms with van der Waals surface area (Å²) in [6, 6.07) is 3.56. The van der Waals surface area contributed by atoms with E-state index in [0.717, 1.165) is 10.6 Å². The summed E-state index contributed by atoms with van der Waals surface area (Å²) in [6.07, 6.45) is 0. The number of hydrogen-bond acceptors (Lipinski definition) is 2. The Labute approximate surface area is 111 Å². The van der Waals surface area contributed by atoms with Crippen LogP contribution < -0.4 is 11.2 Å². The van der Waals surface area contributed by atoms with Gasteiger partial charge in [0, 0.05) is 0 Å². The molecule has 18 heavy (non-hydrogen) atoms. The maximum Gasteiger partial charge on any atom is 0.334 e. The van der Waals surface area contributed by atoms with Crippen LogP contribution in [0.5, 0.6) is 0 Å². The lowest BCUT2D eigenvalue weighted by Crippen LogP contribution is -2.35. The number of rotatable bonds is 1. The number of H-pyrrole nitrogens is 1. The van der Waals surface area contributed by atoms with Crippen molar-refractivity contribution in [3.05, 3.63) is 60.6 Å². The first kappa shape index (κ1) is 12.9. The SMILES string of the molecule is Cc1c(Cl)[nH]c(=O)n(-c2ccc(F)c(Cl)c2)c1=O. The van der Waals surface area contributed by atoms with Crippen LogP contribution in [0.1, 0.15) is 5.56 Å². The van der Waals surface area contributed by atoms with Gasteiger partial charge in [0.2, 0.25) is 0 Å². The molecule has 0 saturated heterocycles. The Morgan fingerprint density at radius 1 is 1.28 bits per heavy atom.